The molecule has 4 aromatic rings. The molecule has 1 aliphatic heterocycles. The Hall–Kier alpha value is -3.97. The molecule has 0 fully saturated rings. The third-order valence-electron chi connectivity index (χ3n) is 6.10. The fourth-order valence-electron chi connectivity index (χ4n) is 4.23. The number of ether oxygens (including phenoxy) is 1. The highest BCUT2D eigenvalue weighted by atomic mass is 35.5. The second-order valence-electron chi connectivity index (χ2n) is 8.83. The third-order valence-corrected chi connectivity index (χ3v) is 6.40. The van der Waals surface area contributed by atoms with Crippen molar-refractivity contribution in [1.82, 2.24) is 19.9 Å². The van der Waals surface area contributed by atoms with Crippen LogP contribution in [0.15, 0.2) is 72.9 Å². The van der Waals surface area contributed by atoms with Crippen LogP contribution >= 0.6 is 11.6 Å². The lowest BCUT2D eigenvalue weighted by atomic mass is 10.1. The SMILES string of the molecule is Cc1cccc(Oc2nc(N(C)Cc3ccccc3)nc3c2CN(C(=O)c2cccnc2Cl)CC3)c1. The standard InChI is InChI=1S/C28H26ClN5O2/c1-19-8-6-11-21(16-19)36-26-23-18-34(27(35)22-12-7-14-30-25(22)29)15-13-24(23)31-28(32-26)33(2)17-20-9-4-3-5-10-20/h3-12,14,16H,13,15,17-18H2,1-2H3. The summed E-state index contributed by atoms with van der Waals surface area (Å²) >= 11 is 6.20. The molecular formula is C28H26ClN5O2. The molecule has 0 spiro atoms. The van der Waals surface area contributed by atoms with Gasteiger partial charge in [-0.2, -0.15) is 4.98 Å². The van der Waals surface area contributed by atoms with E-state index in [9.17, 15) is 4.79 Å². The van der Waals surface area contributed by atoms with Crippen molar-refractivity contribution in [2.75, 3.05) is 18.5 Å². The summed E-state index contributed by atoms with van der Waals surface area (Å²) in [7, 11) is 1.97. The zero-order valence-electron chi connectivity index (χ0n) is 20.2. The molecule has 0 unspecified atom stereocenters. The Kier molecular flexibility index (Phi) is 6.82. The molecule has 1 aliphatic rings. The highest BCUT2D eigenvalue weighted by Gasteiger charge is 2.29. The van der Waals surface area contributed by atoms with Gasteiger partial charge in [-0.15, -0.1) is 0 Å². The van der Waals surface area contributed by atoms with E-state index < -0.39 is 0 Å². The quantitative estimate of drug-likeness (QED) is 0.328. The van der Waals surface area contributed by atoms with Crippen LogP contribution in [0.5, 0.6) is 11.6 Å². The van der Waals surface area contributed by atoms with Crippen molar-refractivity contribution in [1.29, 1.82) is 0 Å². The van der Waals surface area contributed by atoms with Gasteiger partial charge < -0.3 is 14.5 Å². The normalized spacial score (nSPS) is 12.7. The maximum absolute atomic E-state index is 13.2. The highest BCUT2D eigenvalue weighted by molar-refractivity contribution is 6.32. The third kappa shape index (κ3) is 5.16. The molecule has 182 valence electrons. The molecule has 0 saturated heterocycles. The van der Waals surface area contributed by atoms with Crippen LogP contribution < -0.4 is 9.64 Å². The second kappa shape index (κ2) is 10.3. The van der Waals surface area contributed by atoms with E-state index in [1.807, 2.05) is 61.3 Å². The molecule has 1 amide bonds. The van der Waals surface area contributed by atoms with Crippen LogP contribution in [-0.2, 0) is 19.5 Å². The first-order chi connectivity index (χ1) is 17.5. The molecule has 7 nitrogen and oxygen atoms in total. The number of aryl methyl sites for hydroxylation is 1. The van der Waals surface area contributed by atoms with Crippen LogP contribution in [-0.4, -0.2) is 39.4 Å². The first kappa shape index (κ1) is 23.8. The molecule has 0 bridgehead atoms. The van der Waals surface area contributed by atoms with Crippen molar-refractivity contribution in [2.45, 2.75) is 26.4 Å². The van der Waals surface area contributed by atoms with Crippen LogP contribution in [0.2, 0.25) is 5.15 Å². The number of hydrogen-bond acceptors (Lipinski definition) is 6. The number of rotatable bonds is 6. The molecule has 2 aromatic heterocycles. The monoisotopic (exact) mass is 499 g/mol. The van der Waals surface area contributed by atoms with E-state index in [2.05, 4.69) is 17.1 Å². The molecule has 3 heterocycles. The van der Waals surface area contributed by atoms with E-state index in [1.165, 1.54) is 0 Å². The van der Waals surface area contributed by atoms with Crippen LogP contribution in [0.25, 0.3) is 0 Å². The van der Waals surface area contributed by atoms with Gasteiger partial charge in [-0.25, -0.2) is 9.97 Å². The number of carbonyl (C=O) groups excluding carboxylic acids is 1. The van der Waals surface area contributed by atoms with E-state index in [0.29, 0.717) is 49.2 Å². The lowest BCUT2D eigenvalue weighted by Gasteiger charge is -2.30. The summed E-state index contributed by atoms with van der Waals surface area (Å²) in [5.74, 6) is 1.54. The van der Waals surface area contributed by atoms with Gasteiger partial charge in [0.25, 0.3) is 5.91 Å². The first-order valence-corrected chi connectivity index (χ1v) is 12.1. The molecule has 0 saturated carbocycles. The Morgan fingerprint density at radius 1 is 1.08 bits per heavy atom. The van der Waals surface area contributed by atoms with Crippen molar-refractivity contribution >= 4 is 23.5 Å². The number of benzene rings is 2. The Balaban J connectivity index is 1.49. The summed E-state index contributed by atoms with van der Waals surface area (Å²) in [5, 5.41) is 0.193. The van der Waals surface area contributed by atoms with Crippen LogP contribution in [0, 0.1) is 6.92 Å². The maximum atomic E-state index is 13.2. The van der Waals surface area contributed by atoms with Crippen molar-refractivity contribution < 1.29 is 9.53 Å². The van der Waals surface area contributed by atoms with Crippen molar-refractivity contribution in [3.05, 3.63) is 106 Å². The highest BCUT2D eigenvalue weighted by Crippen LogP contribution is 2.32. The second-order valence-corrected chi connectivity index (χ2v) is 9.19. The van der Waals surface area contributed by atoms with Crippen LogP contribution in [0.1, 0.15) is 32.7 Å². The van der Waals surface area contributed by atoms with Gasteiger partial charge in [-0.1, -0.05) is 54.1 Å². The number of pyridine rings is 1. The van der Waals surface area contributed by atoms with Crippen molar-refractivity contribution in [3.8, 4) is 11.6 Å². The zero-order chi connectivity index (χ0) is 25.1. The number of carbonyl (C=O) groups is 1. The van der Waals surface area contributed by atoms with Crippen molar-refractivity contribution in [2.24, 2.45) is 0 Å². The van der Waals surface area contributed by atoms with Gasteiger partial charge in [0.2, 0.25) is 11.8 Å². The fraction of sp³-hybridized carbons (Fsp3) is 0.214. The minimum atomic E-state index is -0.175. The number of hydrogen-bond donors (Lipinski definition) is 0. The number of anilines is 1. The number of aromatic nitrogens is 3. The Morgan fingerprint density at radius 3 is 2.69 bits per heavy atom. The average Bonchev–Trinajstić information content (AvgIpc) is 2.89. The predicted molar refractivity (Wildman–Crippen MR) is 140 cm³/mol. The number of amides is 1. The smallest absolute Gasteiger partial charge is 0.257 e. The summed E-state index contributed by atoms with van der Waals surface area (Å²) in [5.41, 5.74) is 4.30. The number of nitrogens with zero attached hydrogens (tertiary/aromatic N) is 5. The molecule has 0 aliphatic carbocycles. The summed E-state index contributed by atoms with van der Waals surface area (Å²) < 4.78 is 6.30. The summed E-state index contributed by atoms with van der Waals surface area (Å²) in [6, 6.07) is 21.4. The lowest BCUT2D eigenvalue weighted by molar-refractivity contribution is 0.0731. The predicted octanol–water partition coefficient (Wildman–Crippen LogP) is 5.46. The Labute approximate surface area is 215 Å². The van der Waals surface area contributed by atoms with Gasteiger partial charge in [-0.05, 0) is 42.3 Å². The van der Waals surface area contributed by atoms with Gasteiger partial charge in [0.15, 0.2) is 0 Å². The molecule has 5 rings (SSSR count). The van der Waals surface area contributed by atoms with E-state index in [0.717, 1.165) is 22.4 Å². The lowest BCUT2D eigenvalue weighted by Crippen LogP contribution is -2.37. The molecule has 8 heteroatoms. The topological polar surface area (TPSA) is 71.5 Å². The van der Waals surface area contributed by atoms with Gasteiger partial charge >= 0.3 is 0 Å². The molecular weight excluding hydrogens is 474 g/mol. The van der Waals surface area contributed by atoms with Gasteiger partial charge in [0.1, 0.15) is 10.9 Å². The number of fused-ring (bicyclic) bond motifs is 1. The largest absolute Gasteiger partial charge is 0.438 e. The summed E-state index contributed by atoms with van der Waals surface area (Å²) in [6.45, 7) is 3.51. The number of halogens is 1. The van der Waals surface area contributed by atoms with Gasteiger partial charge in [0, 0.05) is 32.8 Å². The minimum absolute atomic E-state index is 0.175. The van der Waals surface area contributed by atoms with E-state index >= 15 is 0 Å². The molecule has 0 atom stereocenters. The Morgan fingerprint density at radius 2 is 1.92 bits per heavy atom. The van der Waals surface area contributed by atoms with E-state index in [-0.39, 0.29) is 11.1 Å². The van der Waals surface area contributed by atoms with Crippen molar-refractivity contribution in [3.63, 3.8) is 0 Å². The fourth-order valence-corrected chi connectivity index (χ4v) is 4.43. The summed E-state index contributed by atoms with van der Waals surface area (Å²) in [4.78, 5) is 30.7. The van der Waals surface area contributed by atoms with Gasteiger partial charge in [0.05, 0.1) is 23.4 Å². The van der Waals surface area contributed by atoms with Crippen LogP contribution in [0.3, 0.4) is 0 Å². The minimum Gasteiger partial charge on any atom is -0.438 e. The zero-order valence-corrected chi connectivity index (χ0v) is 20.9. The molecule has 0 radical (unpaired) electrons. The van der Waals surface area contributed by atoms with E-state index in [4.69, 9.17) is 26.3 Å². The maximum Gasteiger partial charge on any atom is 0.257 e. The molecule has 36 heavy (non-hydrogen) atoms. The summed E-state index contributed by atoms with van der Waals surface area (Å²) in [6.07, 6.45) is 2.15. The van der Waals surface area contributed by atoms with E-state index in [1.54, 1.807) is 23.2 Å². The molecule has 0 N–H and O–H groups in total. The average molecular weight is 500 g/mol. The molecule has 2 aromatic carbocycles. The van der Waals surface area contributed by atoms with Gasteiger partial charge in [-0.3, -0.25) is 4.79 Å². The Bertz CT molecular complexity index is 1400. The first-order valence-electron chi connectivity index (χ1n) is 11.8. The van der Waals surface area contributed by atoms with Crippen LogP contribution in [0.4, 0.5) is 5.95 Å².